The summed E-state index contributed by atoms with van der Waals surface area (Å²) in [6.07, 6.45) is -3.60. The molecule has 0 saturated carbocycles. The maximum absolute atomic E-state index is 13.1. The zero-order valence-corrected chi connectivity index (χ0v) is 14.0. The molecule has 28 heavy (non-hydrogen) atoms. The summed E-state index contributed by atoms with van der Waals surface area (Å²) in [6, 6.07) is 10.4. The molecular weight excluding hydrogens is 378 g/mol. The molecule has 1 amide bonds. The van der Waals surface area contributed by atoms with Gasteiger partial charge < -0.3 is 0 Å². The van der Waals surface area contributed by atoms with Crippen LogP contribution in [0.4, 0.5) is 23.5 Å². The number of rotatable bonds is 4. The molecule has 142 valence electrons. The minimum absolute atomic E-state index is 0.198. The molecule has 2 aromatic carbocycles. The zero-order chi connectivity index (χ0) is 20.3. The lowest BCUT2D eigenvalue weighted by molar-refractivity contribution is -0.138. The van der Waals surface area contributed by atoms with Crippen LogP contribution in [0, 0.1) is 17.1 Å². The van der Waals surface area contributed by atoms with E-state index < -0.39 is 29.0 Å². The highest BCUT2D eigenvalue weighted by Crippen LogP contribution is 2.32. The molecule has 1 heterocycles. The Morgan fingerprint density at radius 2 is 1.89 bits per heavy atom. The predicted octanol–water partition coefficient (Wildman–Crippen LogP) is 3.61. The highest BCUT2D eigenvalue weighted by molar-refractivity contribution is 6.04. The highest BCUT2D eigenvalue weighted by atomic mass is 19.4. The van der Waals surface area contributed by atoms with Gasteiger partial charge in [-0.2, -0.15) is 18.4 Å². The van der Waals surface area contributed by atoms with Crippen molar-refractivity contribution in [3.05, 3.63) is 76.9 Å². The summed E-state index contributed by atoms with van der Waals surface area (Å²) in [7, 11) is 0. The lowest BCUT2D eigenvalue weighted by atomic mass is 10.1. The number of hydrogen-bond acceptors (Lipinski definition) is 4. The van der Waals surface area contributed by atoms with Gasteiger partial charge in [0.25, 0.3) is 5.91 Å². The second-order valence-corrected chi connectivity index (χ2v) is 5.72. The largest absolute Gasteiger partial charge is 0.417 e. The van der Waals surface area contributed by atoms with Gasteiger partial charge in [0.05, 0.1) is 29.3 Å². The van der Waals surface area contributed by atoms with E-state index >= 15 is 0 Å². The Kier molecular flexibility index (Phi) is 5.08. The maximum Gasteiger partial charge on any atom is 0.417 e. The van der Waals surface area contributed by atoms with Crippen molar-refractivity contribution in [1.29, 1.82) is 5.26 Å². The van der Waals surface area contributed by atoms with Crippen molar-refractivity contribution in [2.75, 3.05) is 5.32 Å². The SMILES string of the molecule is N#Cc1ccc(Cn2cnc(NC(=O)c3ccc(F)cc3C(F)(F)F)n2)cc1. The van der Waals surface area contributed by atoms with Crippen LogP contribution in [-0.2, 0) is 12.7 Å². The third-order valence-corrected chi connectivity index (χ3v) is 3.72. The third-order valence-electron chi connectivity index (χ3n) is 3.72. The van der Waals surface area contributed by atoms with Crippen LogP contribution in [0.2, 0.25) is 0 Å². The molecular formula is C18H11F4N5O. The molecule has 0 bridgehead atoms. The maximum atomic E-state index is 13.1. The molecule has 0 radical (unpaired) electrons. The number of nitriles is 1. The second kappa shape index (κ2) is 7.48. The molecule has 0 aliphatic rings. The van der Waals surface area contributed by atoms with E-state index in [0.29, 0.717) is 5.56 Å². The molecule has 1 N–H and O–H groups in total. The van der Waals surface area contributed by atoms with Crippen molar-refractivity contribution >= 4 is 11.9 Å². The Balaban J connectivity index is 1.75. The fraction of sp³-hybridized carbons (Fsp3) is 0.111. The number of carbonyl (C=O) groups excluding carboxylic acids is 1. The Hall–Kier alpha value is -3.74. The Morgan fingerprint density at radius 3 is 2.54 bits per heavy atom. The number of aromatic nitrogens is 3. The zero-order valence-electron chi connectivity index (χ0n) is 14.0. The van der Waals surface area contributed by atoms with Gasteiger partial charge in [-0.3, -0.25) is 10.1 Å². The van der Waals surface area contributed by atoms with Crippen molar-refractivity contribution < 1.29 is 22.4 Å². The van der Waals surface area contributed by atoms with Crippen molar-refractivity contribution in [3.8, 4) is 6.07 Å². The van der Waals surface area contributed by atoms with Crippen LogP contribution in [0.1, 0.15) is 27.0 Å². The summed E-state index contributed by atoms with van der Waals surface area (Å²) in [5.41, 5.74) is -0.825. The summed E-state index contributed by atoms with van der Waals surface area (Å²) in [4.78, 5) is 16.0. The predicted molar refractivity (Wildman–Crippen MR) is 89.6 cm³/mol. The molecule has 0 saturated heterocycles. The summed E-state index contributed by atoms with van der Waals surface area (Å²) < 4.78 is 53.6. The molecule has 0 fully saturated rings. The van der Waals surface area contributed by atoms with Crippen molar-refractivity contribution in [2.45, 2.75) is 12.7 Å². The summed E-state index contributed by atoms with van der Waals surface area (Å²) in [5, 5.41) is 14.9. The number of alkyl halides is 3. The first-order valence-corrected chi connectivity index (χ1v) is 7.83. The summed E-state index contributed by atoms with van der Waals surface area (Å²) in [5.74, 6) is -2.41. The van der Waals surface area contributed by atoms with E-state index in [1.54, 1.807) is 24.3 Å². The monoisotopic (exact) mass is 389 g/mol. The number of amides is 1. The fourth-order valence-corrected chi connectivity index (χ4v) is 2.42. The van der Waals surface area contributed by atoms with Gasteiger partial charge in [-0.15, -0.1) is 5.10 Å². The second-order valence-electron chi connectivity index (χ2n) is 5.72. The lowest BCUT2D eigenvalue weighted by Gasteiger charge is -2.12. The van der Waals surface area contributed by atoms with E-state index in [9.17, 15) is 22.4 Å². The molecule has 6 nitrogen and oxygen atoms in total. The topological polar surface area (TPSA) is 83.6 Å². The first-order chi connectivity index (χ1) is 13.3. The van der Waals surface area contributed by atoms with Crippen LogP contribution in [-0.4, -0.2) is 20.7 Å². The molecule has 3 rings (SSSR count). The van der Waals surface area contributed by atoms with Crippen molar-refractivity contribution in [3.63, 3.8) is 0 Å². The Labute approximate surface area is 156 Å². The van der Waals surface area contributed by atoms with E-state index in [0.717, 1.165) is 17.7 Å². The fourth-order valence-electron chi connectivity index (χ4n) is 2.42. The molecule has 0 aliphatic heterocycles. The van der Waals surface area contributed by atoms with Crippen molar-refractivity contribution in [2.24, 2.45) is 0 Å². The first-order valence-electron chi connectivity index (χ1n) is 7.83. The van der Waals surface area contributed by atoms with Crippen LogP contribution in [0.5, 0.6) is 0 Å². The van der Waals surface area contributed by atoms with Gasteiger partial charge in [-0.1, -0.05) is 12.1 Å². The van der Waals surface area contributed by atoms with Crippen molar-refractivity contribution in [1.82, 2.24) is 14.8 Å². The number of halogens is 4. The van der Waals surface area contributed by atoms with Crippen LogP contribution in [0.15, 0.2) is 48.8 Å². The standard InChI is InChI=1S/C18H11F4N5O/c19-13-5-6-14(15(7-13)18(20,21)22)16(28)25-17-24-10-27(26-17)9-12-3-1-11(8-23)2-4-12/h1-7,10H,9H2,(H,25,26,28). The average molecular weight is 389 g/mol. The Bertz CT molecular complexity index is 1050. The minimum atomic E-state index is -4.89. The molecule has 0 aliphatic carbocycles. The number of hydrogen-bond donors (Lipinski definition) is 1. The third kappa shape index (κ3) is 4.32. The first kappa shape index (κ1) is 19.0. The number of benzene rings is 2. The normalized spacial score (nSPS) is 11.1. The smallest absolute Gasteiger partial charge is 0.289 e. The van der Waals surface area contributed by atoms with E-state index in [4.69, 9.17) is 5.26 Å². The average Bonchev–Trinajstić information content (AvgIpc) is 3.08. The van der Waals surface area contributed by atoms with Gasteiger partial charge in [0, 0.05) is 0 Å². The molecule has 10 heteroatoms. The van der Waals surface area contributed by atoms with Crippen LogP contribution >= 0.6 is 0 Å². The number of nitrogens with zero attached hydrogens (tertiary/aromatic N) is 4. The molecule has 0 spiro atoms. The highest BCUT2D eigenvalue weighted by Gasteiger charge is 2.35. The van der Waals surface area contributed by atoms with Gasteiger partial charge in [0.1, 0.15) is 12.1 Å². The number of carbonyl (C=O) groups is 1. The quantitative estimate of drug-likeness (QED) is 0.691. The summed E-state index contributed by atoms with van der Waals surface area (Å²) >= 11 is 0. The van der Waals surface area contributed by atoms with E-state index in [-0.39, 0.29) is 18.6 Å². The van der Waals surface area contributed by atoms with Crippen LogP contribution < -0.4 is 5.32 Å². The van der Waals surface area contributed by atoms with Gasteiger partial charge in [0.15, 0.2) is 0 Å². The molecule has 3 aromatic rings. The van der Waals surface area contributed by atoms with E-state index in [2.05, 4.69) is 15.4 Å². The van der Waals surface area contributed by atoms with E-state index in [1.165, 1.54) is 11.0 Å². The minimum Gasteiger partial charge on any atom is -0.289 e. The summed E-state index contributed by atoms with van der Waals surface area (Å²) in [6.45, 7) is 0.277. The van der Waals surface area contributed by atoms with Gasteiger partial charge in [-0.25, -0.2) is 14.1 Å². The number of nitrogens with one attached hydrogen (secondary N) is 1. The molecule has 1 aromatic heterocycles. The van der Waals surface area contributed by atoms with Gasteiger partial charge in [-0.05, 0) is 35.9 Å². The Morgan fingerprint density at radius 1 is 1.18 bits per heavy atom. The van der Waals surface area contributed by atoms with Crippen LogP contribution in [0.25, 0.3) is 0 Å². The molecule has 0 unspecified atom stereocenters. The van der Waals surface area contributed by atoms with E-state index in [1.807, 2.05) is 6.07 Å². The molecule has 0 atom stereocenters. The van der Waals surface area contributed by atoms with Gasteiger partial charge in [0.2, 0.25) is 5.95 Å². The lowest BCUT2D eigenvalue weighted by Crippen LogP contribution is -2.19. The van der Waals surface area contributed by atoms with Crippen LogP contribution in [0.3, 0.4) is 0 Å². The number of anilines is 1. The van der Waals surface area contributed by atoms with Gasteiger partial charge >= 0.3 is 6.18 Å².